The van der Waals surface area contributed by atoms with Gasteiger partial charge in [0, 0.05) is 6.04 Å². The first-order valence-corrected chi connectivity index (χ1v) is 8.19. The summed E-state index contributed by atoms with van der Waals surface area (Å²) in [4.78, 5) is 12.5. The molecule has 1 amide bonds. The van der Waals surface area contributed by atoms with Gasteiger partial charge in [-0.3, -0.25) is 4.79 Å². The molecule has 0 heterocycles. The molecule has 1 aromatic carbocycles. The number of rotatable bonds is 5. The molecule has 0 spiro atoms. The van der Waals surface area contributed by atoms with Crippen molar-refractivity contribution in [1.82, 2.24) is 5.32 Å². The number of fused-ring (bicyclic) bond motifs is 2. The first-order chi connectivity index (χ1) is 10.2. The number of amides is 1. The van der Waals surface area contributed by atoms with E-state index in [9.17, 15) is 4.79 Å². The summed E-state index contributed by atoms with van der Waals surface area (Å²) in [7, 11) is 0. The van der Waals surface area contributed by atoms with Gasteiger partial charge in [-0.15, -0.1) is 0 Å². The fourth-order valence-corrected chi connectivity index (χ4v) is 3.87. The van der Waals surface area contributed by atoms with Crippen LogP contribution < -0.4 is 10.1 Å². The van der Waals surface area contributed by atoms with Gasteiger partial charge in [-0.05, 0) is 62.1 Å². The number of aryl methyl sites for hydroxylation is 1. The molecule has 3 nitrogen and oxygen atoms in total. The SMILES string of the molecule is CC[C@@H](Oc1cccc(C)c1)C(=O)N[C@H]1C[C@@H]2CC[C@@H]1C2. The maximum atomic E-state index is 12.5. The lowest BCUT2D eigenvalue weighted by Crippen LogP contribution is -2.45. The van der Waals surface area contributed by atoms with Crippen molar-refractivity contribution in [2.24, 2.45) is 11.8 Å². The molecule has 3 heteroatoms. The van der Waals surface area contributed by atoms with Gasteiger partial charge in [-0.1, -0.05) is 25.5 Å². The molecule has 1 N–H and O–H groups in total. The number of hydrogen-bond donors (Lipinski definition) is 1. The fraction of sp³-hybridized carbons (Fsp3) is 0.611. The normalized spacial score (nSPS) is 28.4. The Kier molecular flexibility index (Phi) is 4.18. The van der Waals surface area contributed by atoms with Crippen LogP contribution in [0.1, 0.15) is 44.6 Å². The van der Waals surface area contributed by atoms with Gasteiger partial charge in [0.25, 0.3) is 5.91 Å². The summed E-state index contributed by atoms with van der Waals surface area (Å²) in [5, 5.41) is 3.23. The third kappa shape index (κ3) is 3.22. The average Bonchev–Trinajstić information content (AvgIpc) is 3.07. The second-order valence-electron chi connectivity index (χ2n) is 6.62. The highest BCUT2D eigenvalue weighted by molar-refractivity contribution is 5.81. The van der Waals surface area contributed by atoms with E-state index in [0.717, 1.165) is 23.7 Å². The summed E-state index contributed by atoms with van der Waals surface area (Å²) in [5.41, 5.74) is 1.15. The van der Waals surface area contributed by atoms with Crippen LogP contribution in [0.3, 0.4) is 0 Å². The van der Waals surface area contributed by atoms with E-state index in [1.807, 2.05) is 38.1 Å². The number of ether oxygens (including phenoxy) is 1. The first-order valence-electron chi connectivity index (χ1n) is 8.19. The Labute approximate surface area is 127 Å². The number of nitrogens with one attached hydrogen (secondary N) is 1. The van der Waals surface area contributed by atoms with E-state index in [1.165, 1.54) is 19.3 Å². The van der Waals surface area contributed by atoms with Crippen molar-refractivity contribution in [2.45, 2.75) is 58.1 Å². The Hall–Kier alpha value is -1.51. The zero-order valence-corrected chi connectivity index (χ0v) is 13.0. The number of benzene rings is 1. The minimum absolute atomic E-state index is 0.0524. The highest BCUT2D eigenvalue weighted by atomic mass is 16.5. The zero-order valence-electron chi connectivity index (χ0n) is 13.0. The number of carbonyl (C=O) groups is 1. The van der Waals surface area contributed by atoms with Gasteiger partial charge >= 0.3 is 0 Å². The molecule has 0 aliphatic heterocycles. The first kappa shape index (κ1) is 14.4. The fourth-order valence-electron chi connectivity index (χ4n) is 3.87. The number of hydrogen-bond acceptors (Lipinski definition) is 2. The Morgan fingerprint density at radius 1 is 1.38 bits per heavy atom. The van der Waals surface area contributed by atoms with Crippen LogP contribution in [0.5, 0.6) is 5.75 Å². The molecule has 114 valence electrons. The van der Waals surface area contributed by atoms with Crippen molar-refractivity contribution >= 4 is 5.91 Å². The van der Waals surface area contributed by atoms with Crippen LogP contribution in [0.4, 0.5) is 0 Å². The third-order valence-corrected chi connectivity index (χ3v) is 5.00. The van der Waals surface area contributed by atoms with Gasteiger partial charge in [0.1, 0.15) is 5.75 Å². The summed E-state index contributed by atoms with van der Waals surface area (Å²) in [6, 6.07) is 8.27. The maximum absolute atomic E-state index is 12.5. The van der Waals surface area contributed by atoms with Crippen molar-refractivity contribution in [3.8, 4) is 5.75 Å². The quantitative estimate of drug-likeness (QED) is 0.900. The van der Waals surface area contributed by atoms with E-state index < -0.39 is 0 Å². The molecule has 3 rings (SSSR count). The Morgan fingerprint density at radius 2 is 2.24 bits per heavy atom. The highest BCUT2D eigenvalue weighted by Crippen LogP contribution is 2.44. The van der Waals surface area contributed by atoms with Crippen LogP contribution in [0.2, 0.25) is 0 Å². The molecule has 0 unspecified atom stereocenters. The van der Waals surface area contributed by atoms with E-state index >= 15 is 0 Å². The second-order valence-corrected chi connectivity index (χ2v) is 6.62. The lowest BCUT2D eigenvalue weighted by molar-refractivity contribution is -0.129. The molecule has 2 saturated carbocycles. The predicted octanol–water partition coefficient (Wildman–Crippen LogP) is 3.46. The largest absolute Gasteiger partial charge is 0.481 e. The van der Waals surface area contributed by atoms with Crippen LogP contribution >= 0.6 is 0 Å². The predicted molar refractivity (Wildman–Crippen MR) is 83.3 cm³/mol. The van der Waals surface area contributed by atoms with Crippen LogP contribution in [-0.4, -0.2) is 18.1 Å². The molecule has 4 atom stereocenters. The maximum Gasteiger partial charge on any atom is 0.261 e. The Bertz CT molecular complexity index is 514. The minimum Gasteiger partial charge on any atom is -0.481 e. The summed E-state index contributed by atoms with van der Waals surface area (Å²) in [5.74, 6) is 2.38. The van der Waals surface area contributed by atoms with Gasteiger partial charge in [0.2, 0.25) is 0 Å². The van der Waals surface area contributed by atoms with Crippen molar-refractivity contribution in [3.63, 3.8) is 0 Å². The van der Waals surface area contributed by atoms with Gasteiger partial charge in [-0.25, -0.2) is 0 Å². The van der Waals surface area contributed by atoms with Gasteiger partial charge in [-0.2, -0.15) is 0 Å². The summed E-state index contributed by atoms with van der Waals surface area (Å²) in [6.07, 6.45) is 5.42. The zero-order chi connectivity index (χ0) is 14.8. The molecule has 0 aromatic heterocycles. The van der Waals surface area contributed by atoms with E-state index in [0.29, 0.717) is 18.4 Å². The molecule has 2 aliphatic rings. The van der Waals surface area contributed by atoms with Crippen LogP contribution in [0, 0.1) is 18.8 Å². The van der Waals surface area contributed by atoms with Gasteiger partial charge in [0.05, 0.1) is 0 Å². The van der Waals surface area contributed by atoms with Crippen LogP contribution in [-0.2, 0) is 4.79 Å². The van der Waals surface area contributed by atoms with Crippen LogP contribution in [0.15, 0.2) is 24.3 Å². The Morgan fingerprint density at radius 3 is 2.86 bits per heavy atom. The summed E-state index contributed by atoms with van der Waals surface area (Å²) >= 11 is 0. The van der Waals surface area contributed by atoms with Crippen molar-refractivity contribution in [2.75, 3.05) is 0 Å². The van der Waals surface area contributed by atoms with Gasteiger partial charge in [0.15, 0.2) is 6.10 Å². The topological polar surface area (TPSA) is 38.3 Å². The summed E-state index contributed by atoms with van der Waals surface area (Å²) < 4.78 is 5.88. The molecule has 2 aliphatic carbocycles. The van der Waals surface area contributed by atoms with Crippen molar-refractivity contribution in [3.05, 3.63) is 29.8 Å². The van der Waals surface area contributed by atoms with E-state index in [-0.39, 0.29) is 12.0 Å². The molecule has 0 radical (unpaired) electrons. The Balaban J connectivity index is 1.59. The van der Waals surface area contributed by atoms with E-state index in [2.05, 4.69) is 5.32 Å². The van der Waals surface area contributed by atoms with Crippen molar-refractivity contribution in [1.29, 1.82) is 0 Å². The monoisotopic (exact) mass is 287 g/mol. The third-order valence-electron chi connectivity index (χ3n) is 5.00. The van der Waals surface area contributed by atoms with E-state index in [1.54, 1.807) is 0 Å². The molecular weight excluding hydrogens is 262 g/mol. The molecule has 2 bridgehead atoms. The molecule has 2 fully saturated rings. The molecule has 1 aromatic rings. The second kappa shape index (κ2) is 6.08. The summed E-state index contributed by atoms with van der Waals surface area (Å²) in [6.45, 7) is 4.03. The molecule has 21 heavy (non-hydrogen) atoms. The smallest absolute Gasteiger partial charge is 0.261 e. The average molecular weight is 287 g/mol. The van der Waals surface area contributed by atoms with Crippen molar-refractivity contribution < 1.29 is 9.53 Å². The molecular formula is C18H25NO2. The molecule has 0 saturated heterocycles. The standard InChI is InChI=1S/C18H25NO2/c1-3-17(21-15-6-4-5-12(2)9-15)18(20)19-16-11-13-7-8-14(16)10-13/h4-6,9,13-14,16-17H,3,7-8,10-11H2,1-2H3,(H,19,20)/t13-,14-,16+,17-/m1/s1. The van der Waals surface area contributed by atoms with Crippen LogP contribution in [0.25, 0.3) is 0 Å². The lowest BCUT2D eigenvalue weighted by atomic mass is 9.95. The van der Waals surface area contributed by atoms with Gasteiger partial charge < -0.3 is 10.1 Å². The van der Waals surface area contributed by atoms with E-state index in [4.69, 9.17) is 4.74 Å². The lowest BCUT2D eigenvalue weighted by Gasteiger charge is -2.25. The number of carbonyl (C=O) groups excluding carboxylic acids is 1. The minimum atomic E-state index is -0.383. The highest BCUT2D eigenvalue weighted by Gasteiger charge is 2.40.